The summed E-state index contributed by atoms with van der Waals surface area (Å²) in [5.41, 5.74) is 2.42. The molecule has 3 aromatic rings. The highest BCUT2D eigenvalue weighted by molar-refractivity contribution is 6.53. The summed E-state index contributed by atoms with van der Waals surface area (Å²) >= 11 is 6.20. The van der Waals surface area contributed by atoms with Crippen molar-refractivity contribution < 1.29 is 13.9 Å². The van der Waals surface area contributed by atoms with Gasteiger partial charge < -0.3 is 23.5 Å². The molecule has 148 valence electrons. The predicted molar refractivity (Wildman–Crippen MR) is 112 cm³/mol. The van der Waals surface area contributed by atoms with E-state index in [1.165, 1.54) is 0 Å². The first kappa shape index (κ1) is 19.3. The van der Waals surface area contributed by atoms with E-state index in [0.717, 1.165) is 10.9 Å². The van der Waals surface area contributed by atoms with Gasteiger partial charge in [0.15, 0.2) is 11.4 Å². The SMILES string of the molecule is CC(C)(C)[SiH](O)/N=C/c1cnc2oc3c(N4CCOCC4)nc(Cl)nc3c2c1. The molecule has 0 amide bonds. The first-order valence-electron chi connectivity index (χ1n) is 9.12. The molecule has 28 heavy (non-hydrogen) atoms. The summed E-state index contributed by atoms with van der Waals surface area (Å²) in [7, 11) is -2.24. The van der Waals surface area contributed by atoms with E-state index < -0.39 is 9.20 Å². The van der Waals surface area contributed by atoms with Gasteiger partial charge in [0.25, 0.3) is 0 Å². The van der Waals surface area contributed by atoms with E-state index in [0.29, 0.717) is 48.9 Å². The summed E-state index contributed by atoms with van der Waals surface area (Å²) in [6.45, 7) is 8.62. The largest absolute Gasteiger partial charge is 0.432 e. The van der Waals surface area contributed by atoms with Crippen LogP contribution < -0.4 is 4.90 Å². The maximum Gasteiger partial charge on any atom is 0.305 e. The van der Waals surface area contributed by atoms with E-state index in [2.05, 4.69) is 24.5 Å². The molecule has 10 heteroatoms. The van der Waals surface area contributed by atoms with Crippen molar-refractivity contribution in [2.45, 2.75) is 25.8 Å². The molecular formula is C18H22ClN5O3Si. The van der Waals surface area contributed by atoms with Crippen LogP contribution in [-0.4, -0.2) is 61.5 Å². The summed E-state index contributed by atoms with van der Waals surface area (Å²) in [4.78, 5) is 25.5. The van der Waals surface area contributed by atoms with Crippen LogP contribution in [0.2, 0.25) is 10.3 Å². The molecule has 8 nitrogen and oxygen atoms in total. The molecule has 1 fully saturated rings. The lowest BCUT2D eigenvalue weighted by Gasteiger charge is -2.27. The van der Waals surface area contributed by atoms with Crippen molar-refractivity contribution in [1.82, 2.24) is 15.0 Å². The zero-order chi connectivity index (χ0) is 19.9. The van der Waals surface area contributed by atoms with Crippen LogP contribution in [0.15, 0.2) is 21.3 Å². The zero-order valence-corrected chi connectivity index (χ0v) is 17.9. The molecule has 0 aliphatic carbocycles. The van der Waals surface area contributed by atoms with E-state index in [1.807, 2.05) is 26.8 Å². The number of hydrogen-bond acceptors (Lipinski definition) is 8. The third-order valence-corrected chi connectivity index (χ3v) is 6.75. The average Bonchev–Trinajstić information content (AvgIpc) is 3.03. The van der Waals surface area contributed by atoms with Gasteiger partial charge in [-0.15, -0.1) is 0 Å². The standard InChI is InChI=1S/C18H22ClN5O3Si/c1-18(2,3)28(25)21-10-11-8-12-13-14(27-16(12)20-9-11)15(23-17(19)22-13)24-4-6-26-7-5-24/h8-10,25,28H,4-7H2,1-3H3/b21-10+. The molecule has 0 saturated carbocycles. The smallest absolute Gasteiger partial charge is 0.305 e. The number of pyridine rings is 1. The van der Waals surface area contributed by atoms with Crippen LogP contribution >= 0.6 is 11.6 Å². The number of morpholine rings is 1. The molecule has 0 radical (unpaired) electrons. The summed E-state index contributed by atoms with van der Waals surface area (Å²) in [6, 6.07) is 1.90. The van der Waals surface area contributed by atoms with Crippen LogP contribution in [0.1, 0.15) is 26.3 Å². The van der Waals surface area contributed by atoms with E-state index in [9.17, 15) is 4.80 Å². The van der Waals surface area contributed by atoms with Crippen LogP contribution in [0.25, 0.3) is 22.2 Å². The Balaban J connectivity index is 1.78. The topological polar surface area (TPSA) is 96.9 Å². The van der Waals surface area contributed by atoms with Crippen molar-refractivity contribution in [2.24, 2.45) is 4.66 Å². The summed E-state index contributed by atoms with van der Waals surface area (Å²) < 4.78 is 15.7. The second-order valence-corrected chi connectivity index (χ2v) is 11.0. The number of furan rings is 1. The van der Waals surface area contributed by atoms with Gasteiger partial charge in [0.1, 0.15) is 5.52 Å². The third-order valence-electron chi connectivity index (χ3n) is 4.60. The van der Waals surface area contributed by atoms with Crippen LogP contribution in [-0.2, 0) is 4.74 Å². The van der Waals surface area contributed by atoms with Crippen molar-refractivity contribution in [3.63, 3.8) is 0 Å². The lowest BCUT2D eigenvalue weighted by atomic mass is 10.2. The highest BCUT2D eigenvalue weighted by Crippen LogP contribution is 2.33. The minimum Gasteiger partial charge on any atom is -0.432 e. The Hall–Kier alpha value is -2.07. The van der Waals surface area contributed by atoms with Crippen molar-refractivity contribution in [3.8, 4) is 0 Å². The number of fused-ring (bicyclic) bond motifs is 3. The Labute approximate surface area is 169 Å². The van der Waals surface area contributed by atoms with Crippen LogP contribution in [0.4, 0.5) is 5.82 Å². The lowest BCUT2D eigenvalue weighted by Crippen LogP contribution is -2.36. The molecule has 1 N–H and O–H groups in total. The fraction of sp³-hybridized carbons (Fsp3) is 0.444. The van der Waals surface area contributed by atoms with E-state index in [4.69, 9.17) is 20.8 Å². The molecule has 3 aromatic heterocycles. The quantitative estimate of drug-likeness (QED) is 0.396. The number of halogens is 1. The van der Waals surface area contributed by atoms with Gasteiger partial charge in [0.05, 0.1) is 18.6 Å². The van der Waals surface area contributed by atoms with Crippen LogP contribution in [0.5, 0.6) is 0 Å². The second kappa shape index (κ2) is 7.40. The molecule has 4 heterocycles. The first-order chi connectivity index (χ1) is 13.3. The number of rotatable bonds is 3. The number of ether oxygens (including phenoxy) is 1. The maximum absolute atomic E-state index is 10.3. The molecule has 0 aromatic carbocycles. The van der Waals surface area contributed by atoms with Crippen molar-refractivity contribution in [2.75, 3.05) is 31.2 Å². The molecule has 0 spiro atoms. The normalized spacial score (nSPS) is 17.1. The number of anilines is 1. The fourth-order valence-electron chi connectivity index (χ4n) is 2.94. The Morgan fingerprint density at radius 1 is 1.29 bits per heavy atom. The first-order valence-corrected chi connectivity index (χ1v) is 11.1. The predicted octanol–water partition coefficient (Wildman–Crippen LogP) is 2.69. The molecular weight excluding hydrogens is 398 g/mol. The van der Waals surface area contributed by atoms with Crippen molar-refractivity contribution in [1.29, 1.82) is 0 Å². The van der Waals surface area contributed by atoms with Gasteiger partial charge in [-0.2, -0.15) is 4.98 Å². The van der Waals surface area contributed by atoms with Crippen LogP contribution in [0.3, 0.4) is 0 Å². The summed E-state index contributed by atoms with van der Waals surface area (Å²) in [5, 5.41) is 0.695. The van der Waals surface area contributed by atoms with E-state index in [1.54, 1.807) is 12.4 Å². The minimum absolute atomic E-state index is 0.159. The maximum atomic E-state index is 10.3. The molecule has 1 atom stereocenters. The van der Waals surface area contributed by atoms with Gasteiger partial charge in [-0.25, -0.2) is 9.97 Å². The lowest BCUT2D eigenvalue weighted by molar-refractivity contribution is 0.122. The third kappa shape index (κ3) is 3.75. The van der Waals surface area contributed by atoms with E-state index in [-0.39, 0.29) is 10.3 Å². The van der Waals surface area contributed by atoms with Crippen molar-refractivity contribution in [3.05, 3.63) is 23.1 Å². The number of nitrogens with zero attached hydrogens (tertiary/aromatic N) is 5. The summed E-state index contributed by atoms with van der Waals surface area (Å²) in [5.74, 6) is 0.655. The van der Waals surface area contributed by atoms with Crippen molar-refractivity contribution >= 4 is 55.0 Å². The molecule has 1 aliphatic rings. The van der Waals surface area contributed by atoms with Gasteiger partial charge in [-0.1, -0.05) is 20.8 Å². The average molecular weight is 420 g/mol. The number of aromatic nitrogens is 3. The van der Waals surface area contributed by atoms with Gasteiger partial charge in [0, 0.05) is 31.1 Å². The van der Waals surface area contributed by atoms with Gasteiger partial charge in [-0.05, 0) is 22.7 Å². The van der Waals surface area contributed by atoms with E-state index >= 15 is 0 Å². The monoisotopic (exact) mass is 419 g/mol. The molecule has 1 saturated heterocycles. The molecule has 4 rings (SSSR count). The molecule has 0 bridgehead atoms. The number of hydrogen-bond donors (Lipinski definition) is 1. The second-order valence-electron chi connectivity index (χ2n) is 7.83. The highest BCUT2D eigenvalue weighted by atomic mass is 35.5. The molecule has 1 unspecified atom stereocenters. The Bertz CT molecular complexity index is 1040. The fourth-order valence-corrected chi connectivity index (χ4v) is 3.87. The Kier molecular flexibility index (Phi) is 5.09. The highest BCUT2D eigenvalue weighted by Gasteiger charge is 2.24. The van der Waals surface area contributed by atoms with Crippen LogP contribution in [0, 0.1) is 0 Å². The Morgan fingerprint density at radius 2 is 2.04 bits per heavy atom. The molecule has 1 aliphatic heterocycles. The Morgan fingerprint density at radius 3 is 2.75 bits per heavy atom. The van der Waals surface area contributed by atoms with Gasteiger partial charge in [-0.3, -0.25) is 0 Å². The minimum atomic E-state index is -2.24. The van der Waals surface area contributed by atoms with Gasteiger partial charge >= 0.3 is 9.20 Å². The summed E-state index contributed by atoms with van der Waals surface area (Å²) in [6.07, 6.45) is 3.33. The van der Waals surface area contributed by atoms with Gasteiger partial charge in [0.2, 0.25) is 11.0 Å². The zero-order valence-electron chi connectivity index (χ0n) is 16.0.